The van der Waals surface area contributed by atoms with Crippen LogP contribution in [-0.2, 0) is 0 Å². The zero-order valence-corrected chi connectivity index (χ0v) is 8.36. The summed E-state index contributed by atoms with van der Waals surface area (Å²) < 4.78 is 0. The summed E-state index contributed by atoms with van der Waals surface area (Å²) in [7, 11) is 0. The van der Waals surface area contributed by atoms with E-state index in [2.05, 4.69) is 11.9 Å². The second-order valence-electron chi connectivity index (χ2n) is 2.89. The van der Waals surface area contributed by atoms with Gasteiger partial charge in [0.05, 0.1) is 6.54 Å². The predicted octanol–water partition coefficient (Wildman–Crippen LogP) is 2.74. The lowest BCUT2D eigenvalue weighted by atomic mass is 10.1. The van der Waals surface area contributed by atoms with Gasteiger partial charge in [0.15, 0.2) is 0 Å². The number of nitrogens with one attached hydrogen (secondary N) is 1. The van der Waals surface area contributed by atoms with Gasteiger partial charge in [0.25, 0.3) is 0 Å². The Balaban J connectivity index is 2.77. The maximum Gasteiger partial charge on any atom is 0.0502 e. The van der Waals surface area contributed by atoms with Gasteiger partial charge in [-0.25, -0.2) is 0 Å². The minimum Gasteiger partial charge on any atom is -0.398 e. The number of benzene rings is 1. The van der Waals surface area contributed by atoms with E-state index in [1.165, 1.54) is 0 Å². The molecule has 1 rings (SSSR count). The number of anilines is 2. The summed E-state index contributed by atoms with van der Waals surface area (Å²) >= 11 is 5.63. The summed E-state index contributed by atoms with van der Waals surface area (Å²) in [5.74, 6) is 0. The van der Waals surface area contributed by atoms with Crippen LogP contribution in [0.2, 0.25) is 0 Å². The zero-order chi connectivity index (χ0) is 9.84. The topological polar surface area (TPSA) is 38.0 Å². The van der Waals surface area contributed by atoms with Gasteiger partial charge in [0, 0.05) is 16.4 Å². The van der Waals surface area contributed by atoms with Crippen molar-refractivity contribution in [3.8, 4) is 0 Å². The van der Waals surface area contributed by atoms with Gasteiger partial charge < -0.3 is 11.1 Å². The minimum absolute atomic E-state index is 0.561. The molecular weight excluding hydrogens is 184 g/mol. The SMILES string of the molecule is C=C(Cl)CNc1cccc(N)c1C. The predicted molar refractivity (Wildman–Crippen MR) is 59.1 cm³/mol. The molecule has 0 unspecified atom stereocenters. The first kappa shape index (κ1) is 9.93. The van der Waals surface area contributed by atoms with Gasteiger partial charge in [0.1, 0.15) is 0 Å². The Morgan fingerprint density at radius 2 is 2.31 bits per heavy atom. The van der Waals surface area contributed by atoms with Crippen LogP contribution in [0.5, 0.6) is 0 Å². The molecule has 0 saturated carbocycles. The van der Waals surface area contributed by atoms with Crippen LogP contribution in [0.25, 0.3) is 0 Å². The van der Waals surface area contributed by atoms with E-state index in [4.69, 9.17) is 17.3 Å². The fraction of sp³-hybridized carbons (Fsp3) is 0.200. The molecule has 0 aliphatic carbocycles. The molecule has 70 valence electrons. The van der Waals surface area contributed by atoms with Crippen LogP contribution in [0.15, 0.2) is 29.8 Å². The lowest BCUT2D eigenvalue weighted by Gasteiger charge is -2.09. The first-order valence-electron chi connectivity index (χ1n) is 4.03. The third-order valence-electron chi connectivity index (χ3n) is 1.85. The molecule has 0 atom stereocenters. The van der Waals surface area contributed by atoms with Crippen LogP contribution in [0.1, 0.15) is 5.56 Å². The van der Waals surface area contributed by atoms with Gasteiger partial charge in [0.2, 0.25) is 0 Å². The summed E-state index contributed by atoms with van der Waals surface area (Å²) in [4.78, 5) is 0. The highest BCUT2D eigenvalue weighted by molar-refractivity contribution is 6.29. The molecular formula is C10H13ClN2. The van der Waals surface area contributed by atoms with Crippen molar-refractivity contribution in [2.24, 2.45) is 0 Å². The summed E-state index contributed by atoms with van der Waals surface area (Å²) in [5.41, 5.74) is 8.56. The molecule has 0 saturated heterocycles. The zero-order valence-electron chi connectivity index (χ0n) is 7.60. The van der Waals surface area contributed by atoms with Crippen molar-refractivity contribution in [3.05, 3.63) is 35.4 Å². The van der Waals surface area contributed by atoms with E-state index in [1.807, 2.05) is 25.1 Å². The van der Waals surface area contributed by atoms with E-state index in [9.17, 15) is 0 Å². The highest BCUT2D eigenvalue weighted by Crippen LogP contribution is 2.20. The fourth-order valence-electron chi connectivity index (χ4n) is 1.04. The molecule has 0 aliphatic rings. The third kappa shape index (κ3) is 2.67. The maximum absolute atomic E-state index is 5.73. The Morgan fingerprint density at radius 3 is 2.92 bits per heavy atom. The standard InChI is InChI=1S/C10H13ClN2/c1-7(11)6-13-10-5-3-4-9(12)8(10)2/h3-5,13H,1,6,12H2,2H3. The van der Waals surface area contributed by atoms with E-state index in [0.717, 1.165) is 16.9 Å². The van der Waals surface area contributed by atoms with Gasteiger partial charge >= 0.3 is 0 Å². The van der Waals surface area contributed by atoms with Crippen LogP contribution in [0.4, 0.5) is 11.4 Å². The van der Waals surface area contributed by atoms with Crippen molar-refractivity contribution < 1.29 is 0 Å². The molecule has 0 radical (unpaired) electrons. The number of nitrogens with two attached hydrogens (primary N) is 1. The average molecular weight is 197 g/mol. The second-order valence-corrected chi connectivity index (χ2v) is 3.43. The number of rotatable bonds is 3. The Labute approximate surface area is 83.4 Å². The van der Waals surface area contributed by atoms with E-state index in [0.29, 0.717) is 11.6 Å². The molecule has 0 aliphatic heterocycles. The number of halogens is 1. The smallest absolute Gasteiger partial charge is 0.0502 e. The fourth-order valence-corrected chi connectivity index (χ4v) is 1.10. The lowest BCUT2D eigenvalue weighted by Crippen LogP contribution is -2.03. The first-order chi connectivity index (χ1) is 6.11. The van der Waals surface area contributed by atoms with Gasteiger partial charge in [-0.05, 0) is 24.6 Å². The van der Waals surface area contributed by atoms with Crippen LogP contribution in [0.3, 0.4) is 0 Å². The molecule has 13 heavy (non-hydrogen) atoms. The molecule has 3 heteroatoms. The van der Waals surface area contributed by atoms with E-state index in [1.54, 1.807) is 0 Å². The van der Waals surface area contributed by atoms with Crippen LogP contribution >= 0.6 is 11.6 Å². The Morgan fingerprint density at radius 1 is 1.62 bits per heavy atom. The van der Waals surface area contributed by atoms with Crippen molar-refractivity contribution in [2.45, 2.75) is 6.92 Å². The highest BCUT2D eigenvalue weighted by atomic mass is 35.5. The summed E-state index contributed by atoms with van der Waals surface area (Å²) in [6, 6.07) is 5.74. The van der Waals surface area contributed by atoms with Gasteiger partial charge in [-0.1, -0.05) is 24.2 Å². The number of hydrogen-bond donors (Lipinski definition) is 2. The van der Waals surface area contributed by atoms with Crippen molar-refractivity contribution >= 4 is 23.0 Å². The quantitative estimate of drug-likeness (QED) is 0.730. The van der Waals surface area contributed by atoms with Crippen LogP contribution in [0, 0.1) is 6.92 Å². The third-order valence-corrected chi connectivity index (χ3v) is 1.98. The van der Waals surface area contributed by atoms with Gasteiger partial charge in [-0.2, -0.15) is 0 Å². The van der Waals surface area contributed by atoms with E-state index in [-0.39, 0.29) is 0 Å². The van der Waals surface area contributed by atoms with E-state index >= 15 is 0 Å². The summed E-state index contributed by atoms with van der Waals surface area (Å²) in [6.07, 6.45) is 0. The number of nitrogen functional groups attached to an aromatic ring is 1. The average Bonchev–Trinajstić information content (AvgIpc) is 2.07. The molecule has 0 spiro atoms. The Hall–Kier alpha value is -1.15. The largest absolute Gasteiger partial charge is 0.398 e. The monoisotopic (exact) mass is 196 g/mol. The van der Waals surface area contributed by atoms with Crippen LogP contribution < -0.4 is 11.1 Å². The molecule has 1 aromatic carbocycles. The molecule has 0 aromatic heterocycles. The molecule has 0 bridgehead atoms. The van der Waals surface area contributed by atoms with Crippen molar-refractivity contribution in [1.29, 1.82) is 0 Å². The normalized spacial score (nSPS) is 9.69. The molecule has 0 amide bonds. The van der Waals surface area contributed by atoms with Crippen molar-refractivity contribution in [3.63, 3.8) is 0 Å². The van der Waals surface area contributed by atoms with Gasteiger partial charge in [-0.15, -0.1) is 0 Å². The maximum atomic E-state index is 5.73. The van der Waals surface area contributed by atoms with Crippen molar-refractivity contribution in [1.82, 2.24) is 0 Å². The minimum atomic E-state index is 0.561. The molecule has 0 fully saturated rings. The molecule has 1 aromatic rings. The number of hydrogen-bond acceptors (Lipinski definition) is 2. The summed E-state index contributed by atoms with van der Waals surface area (Å²) in [6.45, 7) is 6.12. The first-order valence-corrected chi connectivity index (χ1v) is 4.41. The molecule has 2 nitrogen and oxygen atoms in total. The van der Waals surface area contributed by atoms with Crippen LogP contribution in [-0.4, -0.2) is 6.54 Å². The molecule has 3 N–H and O–H groups in total. The lowest BCUT2D eigenvalue weighted by molar-refractivity contribution is 1.29. The Kier molecular flexibility index (Phi) is 3.20. The summed E-state index contributed by atoms with van der Waals surface area (Å²) in [5, 5.41) is 3.73. The second kappa shape index (κ2) is 4.19. The van der Waals surface area contributed by atoms with Gasteiger partial charge in [-0.3, -0.25) is 0 Å². The highest BCUT2D eigenvalue weighted by Gasteiger charge is 1.99. The van der Waals surface area contributed by atoms with Crippen molar-refractivity contribution in [2.75, 3.05) is 17.6 Å². The Bertz CT molecular complexity index is 321. The molecule has 0 heterocycles. The van der Waals surface area contributed by atoms with E-state index < -0.39 is 0 Å².